The fourth-order valence-corrected chi connectivity index (χ4v) is 3.76. The van der Waals surface area contributed by atoms with Gasteiger partial charge >= 0.3 is 5.97 Å². The minimum atomic E-state index is -1.07. The van der Waals surface area contributed by atoms with Crippen LogP contribution in [-0.4, -0.2) is 23.5 Å². The molecule has 0 unspecified atom stereocenters. The van der Waals surface area contributed by atoms with Crippen LogP contribution in [0.5, 0.6) is 0 Å². The molecule has 0 saturated heterocycles. The molecule has 2 rings (SSSR count). The Kier molecular flexibility index (Phi) is 6.17. The molecule has 138 valence electrons. The molecule has 1 aromatic carbocycles. The monoisotopic (exact) mass is 412 g/mol. The average Bonchev–Trinajstić information content (AvgIpc) is 2.90. The maximum Gasteiger partial charge on any atom is 0.350 e. The van der Waals surface area contributed by atoms with Crippen LogP contribution in [0.1, 0.15) is 37.4 Å². The fourth-order valence-electron chi connectivity index (χ4n) is 2.10. The van der Waals surface area contributed by atoms with Crippen LogP contribution in [0.2, 0.25) is 10.0 Å². The van der Waals surface area contributed by atoms with Crippen LogP contribution in [0.15, 0.2) is 18.2 Å². The summed E-state index contributed by atoms with van der Waals surface area (Å²) in [6.07, 6.45) is -1.07. The Morgan fingerprint density at radius 2 is 1.96 bits per heavy atom. The maximum absolute atomic E-state index is 12.4. The number of rotatable bonds is 5. The number of nitrogens with zero attached hydrogens (tertiary/aromatic N) is 1. The summed E-state index contributed by atoms with van der Waals surface area (Å²) in [5.74, 6) is -1.35. The van der Waals surface area contributed by atoms with E-state index < -0.39 is 23.5 Å². The molecule has 0 bridgehead atoms. The fraction of sp³-hybridized carbons (Fsp3) is 0.389. The van der Waals surface area contributed by atoms with Crippen LogP contribution in [-0.2, 0) is 9.53 Å². The molecule has 0 aliphatic heterocycles. The second-order valence-corrected chi connectivity index (χ2v) is 8.26. The number of halogens is 2. The third kappa shape index (κ3) is 4.12. The molecule has 0 radical (unpaired) electrons. The van der Waals surface area contributed by atoms with Crippen molar-refractivity contribution in [3.8, 4) is 6.07 Å². The number of thiophene rings is 1. The number of esters is 1. The summed E-state index contributed by atoms with van der Waals surface area (Å²) in [5, 5.41) is 13.4. The van der Waals surface area contributed by atoms with Gasteiger partial charge in [0, 0.05) is 15.1 Å². The van der Waals surface area contributed by atoms with Gasteiger partial charge in [-0.1, -0.05) is 43.1 Å². The Morgan fingerprint density at radius 3 is 2.54 bits per heavy atom. The van der Waals surface area contributed by atoms with Gasteiger partial charge in [-0.3, -0.25) is 4.79 Å². The normalized spacial score (nSPS) is 14.5. The number of ether oxygens (including phenoxy) is 1. The van der Waals surface area contributed by atoms with E-state index in [4.69, 9.17) is 27.9 Å². The van der Waals surface area contributed by atoms with E-state index in [-0.39, 0.29) is 15.8 Å². The van der Waals surface area contributed by atoms with E-state index in [1.807, 2.05) is 13.8 Å². The Morgan fingerprint density at radius 1 is 1.31 bits per heavy atom. The summed E-state index contributed by atoms with van der Waals surface area (Å²) in [5.41, 5.74) is -1.05. The third-order valence-electron chi connectivity index (χ3n) is 4.20. The van der Waals surface area contributed by atoms with Crippen molar-refractivity contribution in [3.63, 3.8) is 0 Å². The highest BCUT2D eigenvalue weighted by Gasteiger charge is 2.33. The van der Waals surface area contributed by atoms with Gasteiger partial charge in [-0.2, -0.15) is 5.26 Å². The van der Waals surface area contributed by atoms with Gasteiger partial charge in [-0.25, -0.2) is 4.79 Å². The zero-order valence-corrected chi connectivity index (χ0v) is 17.1. The average molecular weight is 413 g/mol. The lowest BCUT2D eigenvalue weighted by molar-refractivity contribution is -0.130. The summed E-state index contributed by atoms with van der Waals surface area (Å²) < 4.78 is 5.99. The van der Waals surface area contributed by atoms with Crippen LogP contribution in [0.25, 0.3) is 10.1 Å². The first-order valence-electron chi connectivity index (χ1n) is 7.91. The Bertz CT molecular complexity index is 904. The van der Waals surface area contributed by atoms with E-state index in [1.165, 1.54) is 6.92 Å². The number of nitrogens with one attached hydrogen (secondary N) is 1. The van der Waals surface area contributed by atoms with Gasteiger partial charge in [-0.05, 0) is 31.9 Å². The maximum atomic E-state index is 12.4. The highest BCUT2D eigenvalue weighted by Crippen LogP contribution is 2.37. The van der Waals surface area contributed by atoms with Gasteiger partial charge in [0.25, 0.3) is 5.91 Å². The molecule has 1 amide bonds. The number of benzene rings is 1. The topological polar surface area (TPSA) is 79.2 Å². The predicted octanol–water partition coefficient (Wildman–Crippen LogP) is 4.81. The number of nitriles is 1. The molecule has 5 nitrogen and oxygen atoms in total. The molecule has 0 fully saturated rings. The SMILES string of the molecule is CC(C)[C@@](C)(C#N)NC(=O)[C@@H](C)OC(=O)c1sc2cc(Cl)ccc2c1Cl. The number of hydrogen-bond acceptors (Lipinski definition) is 5. The summed E-state index contributed by atoms with van der Waals surface area (Å²) in [6, 6.07) is 7.20. The van der Waals surface area contributed by atoms with E-state index >= 15 is 0 Å². The predicted molar refractivity (Wildman–Crippen MR) is 104 cm³/mol. The van der Waals surface area contributed by atoms with Crippen LogP contribution in [0, 0.1) is 17.2 Å². The molecule has 0 aliphatic carbocycles. The largest absolute Gasteiger partial charge is 0.448 e. The molecular weight excluding hydrogens is 395 g/mol. The quantitative estimate of drug-likeness (QED) is 0.714. The number of fused-ring (bicyclic) bond motifs is 1. The first kappa shape index (κ1) is 20.5. The number of carbonyl (C=O) groups excluding carboxylic acids is 2. The van der Waals surface area contributed by atoms with Crippen molar-refractivity contribution in [1.82, 2.24) is 5.32 Å². The Labute approximate surface area is 165 Å². The molecule has 2 atom stereocenters. The summed E-state index contributed by atoms with van der Waals surface area (Å²) in [4.78, 5) is 24.9. The Balaban J connectivity index is 2.16. The molecule has 1 heterocycles. The lowest BCUT2D eigenvalue weighted by atomic mass is 9.90. The molecular formula is C18H18Cl2N2O3S. The summed E-state index contributed by atoms with van der Waals surface area (Å²) in [6.45, 7) is 6.71. The van der Waals surface area contributed by atoms with E-state index in [2.05, 4.69) is 11.4 Å². The molecule has 0 saturated carbocycles. The van der Waals surface area contributed by atoms with E-state index in [0.29, 0.717) is 10.4 Å². The minimum absolute atomic E-state index is 0.110. The van der Waals surface area contributed by atoms with Crippen LogP contribution >= 0.6 is 34.5 Å². The van der Waals surface area contributed by atoms with Crippen LogP contribution < -0.4 is 5.32 Å². The van der Waals surface area contributed by atoms with Gasteiger partial charge in [0.2, 0.25) is 0 Å². The first-order valence-corrected chi connectivity index (χ1v) is 9.48. The highest BCUT2D eigenvalue weighted by molar-refractivity contribution is 7.21. The smallest absolute Gasteiger partial charge is 0.350 e. The molecule has 1 N–H and O–H groups in total. The molecule has 0 spiro atoms. The van der Waals surface area contributed by atoms with Crippen molar-refractivity contribution < 1.29 is 14.3 Å². The van der Waals surface area contributed by atoms with Crippen molar-refractivity contribution in [2.24, 2.45) is 5.92 Å². The Hall–Kier alpha value is -1.81. The van der Waals surface area contributed by atoms with Gasteiger partial charge in [0.15, 0.2) is 6.10 Å². The standard InChI is InChI=1S/C18H18Cl2N2O3S/c1-9(2)18(4,8-21)22-16(23)10(3)25-17(24)15-14(20)12-6-5-11(19)7-13(12)26-15/h5-7,9-10H,1-4H3,(H,22,23)/t10-,18-/m1/s1. The summed E-state index contributed by atoms with van der Waals surface area (Å²) >= 11 is 13.4. The van der Waals surface area contributed by atoms with Gasteiger partial charge in [-0.15, -0.1) is 11.3 Å². The number of carbonyl (C=O) groups is 2. The van der Waals surface area contributed by atoms with Crippen molar-refractivity contribution in [2.45, 2.75) is 39.3 Å². The third-order valence-corrected chi connectivity index (χ3v) is 6.07. The number of hydrogen-bond donors (Lipinski definition) is 1. The molecule has 2 aromatic rings. The lowest BCUT2D eigenvalue weighted by Crippen LogP contribution is -2.52. The van der Waals surface area contributed by atoms with Crippen molar-refractivity contribution in [3.05, 3.63) is 33.1 Å². The zero-order chi connectivity index (χ0) is 19.6. The van der Waals surface area contributed by atoms with Gasteiger partial charge in [0.1, 0.15) is 10.4 Å². The van der Waals surface area contributed by atoms with Crippen LogP contribution in [0.3, 0.4) is 0 Å². The molecule has 8 heteroatoms. The van der Waals surface area contributed by atoms with Crippen LogP contribution in [0.4, 0.5) is 0 Å². The molecule has 0 aliphatic rings. The van der Waals surface area contributed by atoms with E-state index in [0.717, 1.165) is 16.0 Å². The van der Waals surface area contributed by atoms with E-state index in [9.17, 15) is 14.9 Å². The second kappa shape index (κ2) is 7.83. The van der Waals surface area contributed by atoms with Gasteiger partial charge < -0.3 is 10.1 Å². The number of amides is 1. The summed E-state index contributed by atoms with van der Waals surface area (Å²) in [7, 11) is 0. The van der Waals surface area contributed by atoms with Crippen molar-refractivity contribution in [2.75, 3.05) is 0 Å². The van der Waals surface area contributed by atoms with Gasteiger partial charge in [0.05, 0.1) is 11.1 Å². The molecule has 1 aromatic heterocycles. The highest BCUT2D eigenvalue weighted by atomic mass is 35.5. The van der Waals surface area contributed by atoms with Crippen molar-refractivity contribution >= 4 is 56.5 Å². The second-order valence-electron chi connectivity index (χ2n) is 6.39. The lowest BCUT2D eigenvalue weighted by Gasteiger charge is -2.28. The zero-order valence-electron chi connectivity index (χ0n) is 14.7. The first-order chi connectivity index (χ1) is 12.1. The minimum Gasteiger partial charge on any atom is -0.448 e. The van der Waals surface area contributed by atoms with E-state index in [1.54, 1.807) is 25.1 Å². The van der Waals surface area contributed by atoms with Crippen molar-refractivity contribution in [1.29, 1.82) is 5.26 Å². The molecule has 26 heavy (non-hydrogen) atoms.